The summed E-state index contributed by atoms with van der Waals surface area (Å²) >= 11 is 5.25. The SMILES string of the molecule is O=S(=O)(Nc1ccccc1)c1ccc(NC(=S)NCc2cccnc2)cc1. The molecule has 6 nitrogen and oxygen atoms in total. The van der Waals surface area contributed by atoms with Gasteiger partial charge < -0.3 is 10.6 Å². The molecule has 1 heterocycles. The zero-order valence-electron chi connectivity index (χ0n) is 14.3. The van der Waals surface area contributed by atoms with Crippen LogP contribution in [0.1, 0.15) is 5.56 Å². The molecule has 0 aliphatic carbocycles. The fourth-order valence-electron chi connectivity index (χ4n) is 2.30. The van der Waals surface area contributed by atoms with Crippen LogP contribution in [-0.2, 0) is 16.6 Å². The van der Waals surface area contributed by atoms with Crippen LogP contribution in [0.2, 0.25) is 0 Å². The average Bonchev–Trinajstić information content (AvgIpc) is 2.68. The highest BCUT2D eigenvalue weighted by Crippen LogP contribution is 2.18. The molecule has 3 aromatic rings. The molecule has 3 rings (SSSR count). The lowest BCUT2D eigenvalue weighted by molar-refractivity contribution is 0.601. The summed E-state index contributed by atoms with van der Waals surface area (Å²) < 4.78 is 27.4. The van der Waals surface area contributed by atoms with Crippen LogP contribution in [0.5, 0.6) is 0 Å². The molecule has 0 spiro atoms. The number of para-hydroxylation sites is 1. The van der Waals surface area contributed by atoms with E-state index < -0.39 is 10.0 Å². The van der Waals surface area contributed by atoms with Gasteiger partial charge in [-0.25, -0.2) is 8.42 Å². The highest BCUT2D eigenvalue weighted by Gasteiger charge is 2.13. The first-order valence-corrected chi connectivity index (χ1v) is 10.0. The van der Waals surface area contributed by atoms with Gasteiger partial charge in [-0.3, -0.25) is 9.71 Å². The maximum absolute atomic E-state index is 12.4. The number of rotatable bonds is 6. The maximum Gasteiger partial charge on any atom is 0.261 e. The van der Waals surface area contributed by atoms with Crippen LogP contribution >= 0.6 is 12.2 Å². The minimum absolute atomic E-state index is 0.172. The average molecular weight is 399 g/mol. The molecule has 1 aromatic heterocycles. The fraction of sp³-hybridized carbons (Fsp3) is 0.0526. The Labute approximate surface area is 163 Å². The smallest absolute Gasteiger partial charge is 0.261 e. The number of hydrogen-bond donors (Lipinski definition) is 3. The van der Waals surface area contributed by atoms with E-state index in [9.17, 15) is 8.42 Å². The minimum Gasteiger partial charge on any atom is -0.358 e. The van der Waals surface area contributed by atoms with Crippen molar-refractivity contribution in [2.24, 2.45) is 0 Å². The van der Waals surface area contributed by atoms with Crippen LogP contribution in [0.25, 0.3) is 0 Å². The van der Waals surface area contributed by atoms with Gasteiger partial charge in [0.2, 0.25) is 0 Å². The van der Waals surface area contributed by atoms with Crippen LogP contribution in [0.4, 0.5) is 11.4 Å². The molecular weight excluding hydrogens is 380 g/mol. The summed E-state index contributed by atoms with van der Waals surface area (Å²) in [6, 6.07) is 18.9. The lowest BCUT2D eigenvalue weighted by Gasteiger charge is -2.12. The Morgan fingerprint density at radius 2 is 1.67 bits per heavy atom. The van der Waals surface area contributed by atoms with Gasteiger partial charge in [0, 0.05) is 30.3 Å². The normalized spacial score (nSPS) is 10.8. The van der Waals surface area contributed by atoms with Crippen molar-refractivity contribution in [3.63, 3.8) is 0 Å². The number of pyridine rings is 1. The van der Waals surface area contributed by atoms with Crippen LogP contribution in [0.3, 0.4) is 0 Å². The first-order valence-electron chi connectivity index (χ1n) is 8.15. The molecule has 0 saturated heterocycles. The van der Waals surface area contributed by atoms with Crippen LogP contribution in [0.15, 0.2) is 84.0 Å². The molecular formula is C19H18N4O2S2. The van der Waals surface area contributed by atoms with E-state index in [4.69, 9.17) is 12.2 Å². The molecule has 0 aliphatic rings. The van der Waals surface area contributed by atoms with E-state index in [2.05, 4.69) is 20.3 Å². The monoisotopic (exact) mass is 398 g/mol. The lowest BCUT2D eigenvalue weighted by atomic mass is 10.3. The largest absolute Gasteiger partial charge is 0.358 e. The zero-order valence-corrected chi connectivity index (χ0v) is 15.9. The third kappa shape index (κ3) is 5.50. The molecule has 0 amide bonds. The molecule has 8 heteroatoms. The Balaban J connectivity index is 1.59. The number of benzene rings is 2. The fourth-order valence-corrected chi connectivity index (χ4v) is 3.55. The summed E-state index contributed by atoms with van der Waals surface area (Å²) in [6.07, 6.45) is 3.47. The second-order valence-electron chi connectivity index (χ2n) is 5.66. The van der Waals surface area contributed by atoms with Gasteiger partial charge in [0.05, 0.1) is 4.90 Å². The van der Waals surface area contributed by atoms with Crippen molar-refractivity contribution < 1.29 is 8.42 Å². The topological polar surface area (TPSA) is 83.1 Å². The molecule has 0 unspecified atom stereocenters. The molecule has 0 atom stereocenters. The van der Waals surface area contributed by atoms with E-state index >= 15 is 0 Å². The van der Waals surface area contributed by atoms with Crippen molar-refractivity contribution in [1.82, 2.24) is 10.3 Å². The second-order valence-corrected chi connectivity index (χ2v) is 7.76. The number of aromatic nitrogens is 1. The first kappa shape index (κ1) is 18.8. The molecule has 0 saturated carbocycles. The third-order valence-electron chi connectivity index (χ3n) is 3.62. The minimum atomic E-state index is -3.64. The van der Waals surface area contributed by atoms with Crippen LogP contribution in [0, 0.1) is 0 Å². The summed E-state index contributed by atoms with van der Waals surface area (Å²) in [5.41, 5.74) is 2.22. The molecule has 0 fully saturated rings. The summed E-state index contributed by atoms with van der Waals surface area (Å²) in [7, 11) is -3.64. The molecule has 0 bridgehead atoms. The summed E-state index contributed by atoms with van der Waals surface area (Å²) in [5, 5.41) is 6.54. The third-order valence-corrected chi connectivity index (χ3v) is 5.27. The number of thiocarbonyl (C=S) groups is 1. The molecule has 138 valence electrons. The first-order chi connectivity index (χ1) is 13.0. The zero-order chi connectivity index (χ0) is 19.1. The van der Waals surface area contributed by atoms with Crippen molar-refractivity contribution in [2.45, 2.75) is 11.4 Å². The van der Waals surface area contributed by atoms with E-state index in [0.29, 0.717) is 23.0 Å². The standard InChI is InChI=1S/C19H18N4O2S2/c24-27(25,23-17-6-2-1-3-7-17)18-10-8-16(9-11-18)22-19(26)21-14-15-5-4-12-20-13-15/h1-13,23H,14H2,(H2,21,22,26). The van der Waals surface area contributed by atoms with Gasteiger partial charge in [0.25, 0.3) is 10.0 Å². The number of anilines is 2. The molecule has 0 aliphatic heterocycles. The second kappa shape index (κ2) is 8.61. The Kier molecular flexibility index (Phi) is 6.00. The number of hydrogen-bond acceptors (Lipinski definition) is 4. The highest BCUT2D eigenvalue weighted by molar-refractivity contribution is 7.92. The summed E-state index contributed by atoms with van der Waals surface area (Å²) in [6.45, 7) is 0.549. The Morgan fingerprint density at radius 3 is 2.33 bits per heavy atom. The van der Waals surface area contributed by atoms with Crippen molar-refractivity contribution in [1.29, 1.82) is 0 Å². The van der Waals surface area contributed by atoms with Crippen LogP contribution in [-0.4, -0.2) is 18.5 Å². The molecule has 0 radical (unpaired) electrons. The van der Waals surface area contributed by atoms with E-state index in [1.54, 1.807) is 48.8 Å². The Bertz CT molecular complexity index is 993. The Morgan fingerprint density at radius 1 is 0.926 bits per heavy atom. The van der Waals surface area contributed by atoms with E-state index in [1.165, 1.54) is 12.1 Å². The van der Waals surface area contributed by atoms with Gasteiger partial charge in [0.1, 0.15) is 0 Å². The molecule has 2 aromatic carbocycles. The van der Waals surface area contributed by atoms with Gasteiger partial charge in [-0.1, -0.05) is 24.3 Å². The van der Waals surface area contributed by atoms with Crippen molar-refractivity contribution in [2.75, 3.05) is 10.0 Å². The van der Waals surface area contributed by atoms with Crippen molar-refractivity contribution in [3.8, 4) is 0 Å². The van der Waals surface area contributed by atoms with E-state index in [1.807, 2.05) is 18.2 Å². The number of nitrogens with one attached hydrogen (secondary N) is 3. The maximum atomic E-state index is 12.4. The quantitative estimate of drug-likeness (QED) is 0.552. The molecule has 3 N–H and O–H groups in total. The molecule has 27 heavy (non-hydrogen) atoms. The number of sulfonamides is 1. The van der Waals surface area contributed by atoms with Crippen LogP contribution < -0.4 is 15.4 Å². The summed E-state index contributed by atoms with van der Waals surface area (Å²) in [4.78, 5) is 4.22. The highest BCUT2D eigenvalue weighted by atomic mass is 32.2. The Hall–Kier alpha value is -2.97. The van der Waals surface area contributed by atoms with Gasteiger partial charge in [0.15, 0.2) is 5.11 Å². The lowest BCUT2D eigenvalue weighted by Crippen LogP contribution is -2.27. The van der Waals surface area contributed by atoms with Gasteiger partial charge in [-0.2, -0.15) is 0 Å². The number of nitrogens with zero attached hydrogens (tertiary/aromatic N) is 1. The van der Waals surface area contributed by atoms with E-state index in [0.717, 1.165) is 5.56 Å². The van der Waals surface area contributed by atoms with Gasteiger partial charge in [-0.05, 0) is 60.2 Å². The van der Waals surface area contributed by atoms with Gasteiger partial charge in [-0.15, -0.1) is 0 Å². The van der Waals surface area contributed by atoms with Gasteiger partial charge >= 0.3 is 0 Å². The summed E-state index contributed by atoms with van der Waals surface area (Å²) in [5.74, 6) is 0. The predicted octanol–water partition coefficient (Wildman–Crippen LogP) is 3.37. The van der Waals surface area contributed by atoms with Crippen molar-refractivity contribution in [3.05, 3.63) is 84.7 Å². The van der Waals surface area contributed by atoms with Crippen molar-refractivity contribution >= 4 is 38.7 Å². The van der Waals surface area contributed by atoms with E-state index in [-0.39, 0.29) is 4.90 Å². The predicted molar refractivity (Wildman–Crippen MR) is 111 cm³/mol.